The number of hydrogen-bond acceptors (Lipinski definition) is 4. The molecular weight excluding hydrogens is 282 g/mol. The Morgan fingerprint density at radius 3 is 2.80 bits per heavy atom. The van der Waals surface area contributed by atoms with Gasteiger partial charge in [0, 0.05) is 22.3 Å². The molecule has 3 aromatic rings. The third-order valence-electron chi connectivity index (χ3n) is 2.75. The first kappa shape index (κ1) is 12.9. The molecule has 0 atom stereocenters. The lowest BCUT2D eigenvalue weighted by molar-refractivity contribution is 0.148. The van der Waals surface area contributed by atoms with Crippen molar-refractivity contribution in [2.75, 3.05) is 5.73 Å². The van der Waals surface area contributed by atoms with Gasteiger partial charge in [-0.3, -0.25) is 4.40 Å². The van der Waals surface area contributed by atoms with Crippen LogP contribution in [0.5, 0.6) is 0 Å². The Morgan fingerprint density at radius 2 is 2.00 bits per heavy atom. The molecule has 102 valence electrons. The van der Waals surface area contributed by atoms with Crippen molar-refractivity contribution < 1.29 is 8.78 Å². The molecule has 0 aliphatic heterocycles. The van der Waals surface area contributed by atoms with Crippen LogP contribution in [0.1, 0.15) is 12.0 Å². The van der Waals surface area contributed by atoms with Crippen LogP contribution in [0.4, 0.5) is 14.5 Å². The van der Waals surface area contributed by atoms with Crippen molar-refractivity contribution in [1.82, 2.24) is 14.6 Å². The second-order valence-corrected chi connectivity index (χ2v) is 5.12. The monoisotopic (exact) mass is 292 g/mol. The van der Waals surface area contributed by atoms with Gasteiger partial charge in [0.1, 0.15) is 0 Å². The van der Waals surface area contributed by atoms with Gasteiger partial charge in [-0.1, -0.05) is 6.07 Å². The van der Waals surface area contributed by atoms with E-state index in [9.17, 15) is 8.78 Å². The van der Waals surface area contributed by atoms with Crippen LogP contribution in [0.15, 0.2) is 52.6 Å². The Kier molecular flexibility index (Phi) is 3.27. The number of rotatable bonds is 3. The highest BCUT2D eigenvalue weighted by atomic mass is 32.2. The molecule has 0 aliphatic carbocycles. The minimum atomic E-state index is -2.58. The average molecular weight is 292 g/mol. The highest BCUT2D eigenvalue weighted by molar-refractivity contribution is 7.99. The summed E-state index contributed by atoms with van der Waals surface area (Å²) < 4.78 is 27.8. The van der Waals surface area contributed by atoms with Crippen LogP contribution >= 0.6 is 11.8 Å². The van der Waals surface area contributed by atoms with E-state index in [-0.39, 0.29) is 5.56 Å². The molecule has 2 N–H and O–H groups in total. The molecule has 20 heavy (non-hydrogen) atoms. The van der Waals surface area contributed by atoms with Crippen molar-refractivity contribution in [3.8, 4) is 0 Å². The second kappa shape index (κ2) is 5.09. The lowest BCUT2D eigenvalue weighted by atomic mass is 10.2. The standard InChI is InChI=1S/C13H10F2N4S/c14-12(15)9-7-8(16)4-5-10(9)20-13-18-17-11-3-1-2-6-19(11)13/h1-7,12H,16H2. The molecule has 0 aliphatic rings. The zero-order valence-electron chi connectivity index (χ0n) is 10.2. The normalized spacial score (nSPS) is 11.3. The number of anilines is 1. The van der Waals surface area contributed by atoms with Crippen LogP contribution in [0.2, 0.25) is 0 Å². The quantitative estimate of drug-likeness (QED) is 0.752. The van der Waals surface area contributed by atoms with Crippen molar-refractivity contribution in [3.05, 3.63) is 48.2 Å². The first-order chi connectivity index (χ1) is 9.65. The second-order valence-electron chi connectivity index (χ2n) is 4.11. The van der Waals surface area contributed by atoms with Crippen LogP contribution in [0.25, 0.3) is 5.65 Å². The predicted molar refractivity (Wildman–Crippen MR) is 72.9 cm³/mol. The number of nitrogens with zero attached hydrogens (tertiary/aromatic N) is 3. The number of pyridine rings is 1. The number of fused-ring (bicyclic) bond motifs is 1. The van der Waals surface area contributed by atoms with Crippen molar-refractivity contribution in [3.63, 3.8) is 0 Å². The summed E-state index contributed by atoms with van der Waals surface area (Å²) in [5, 5.41) is 8.53. The molecule has 2 aromatic heterocycles. The van der Waals surface area contributed by atoms with Gasteiger partial charge in [0.15, 0.2) is 10.8 Å². The van der Waals surface area contributed by atoms with Crippen molar-refractivity contribution in [1.29, 1.82) is 0 Å². The molecular formula is C13H10F2N4S. The van der Waals surface area contributed by atoms with E-state index in [0.717, 1.165) is 11.8 Å². The Morgan fingerprint density at radius 1 is 1.15 bits per heavy atom. The minimum absolute atomic E-state index is 0.0947. The molecule has 4 nitrogen and oxygen atoms in total. The van der Waals surface area contributed by atoms with E-state index in [1.807, 2.05) is 12.1 Å². The van der Waals surface area contributed by atoms with Crippen LogP contribution < -0.4 is 5.73 Å². The van der Waals surface area contributed by atoms with Crippen LogP contribution in [-0.2, 0) is 0 Å². The lowest BCUT2D eigenvalue weighted by Crippen LogP contribution is -1.94. The molecule has 0 bridgehead atoms. The van der Waals surface area contributed by atoms with Crippen molar-refractivity contribution in [2.24, 2.45) is 0 Å². The van der Waals surface area contributed by atoms with E-state index in [1.165, 1.54) is 6.07 Å². The van der Waals surface area contributed by atoms with Gasteiger partial charge in [-0.15, -0.1) is 10.2 Å². The molecule has 0 saturated heterocycles. The predicted octanol–water partition coefficient (Wildman–Crippen LogP) is 3.40. The Balaban J connectivity index is 2.03. The van der Waals surface area contributed by atoms with Crippen molar-refractivity contribution in [2.45, 2.75) is 16.5 Å². The topological polar surface area (TPSA) is 56.2 Å². The molecule has 0 fully saturated rings. The van der Waals surface area contributed by atoms with E-state index in [4.69, 9.17) is 5.73 Å². The number of benzene rings is 1. The zero-order valence-corrected chi connectivity index (χ0v) is 11.0. The summed E-state index contributed by atoms with van der Waals surface area (Å²) >= 11 is 1.14. The van der Waals surface area contributed by atoms with Crippen molar-refractivity contribution >= 4 is 23.1 Å². The Hall–Kier alpha value is -2.15. The Bertz CT molecular complexity index is 757. The fourth-order valence-electron chi connectivity index (χ4n) is 1.82. The third kappa shape index (κ3) is 2.32. The maximum Gasteiger partial charge on any atom is 0.265 e. The van der Waals surface area contributed by atoms with Gasteiger partial charge < -0.3 is 5.73 Å². The van der Waals surface area contributed by atoms with Gasteiger partial charge >= 0.3 is 0 Å². The number of halogens is 2. The maximum absolute atomic E-state index is 13.0. The minimum Gasteiger partial charge on any atom is -0.399 e. The van der Waals surface area contributed by atoms with E-state index in [1.54, 1.807) is 28.8 Å². The number of alkyl halides is 2. The summed E-state index contributed by atoms with van der Waals surface area (Å²) in [5.41, 5.74) is 6.44. The number of nitrogen functional groups attached to an aromatic ring is 1. The summed E-state index contributed by atoms with van der Waals surface area (Å²) in [7, 11) is 0. The fraction of sp³-hybridized carbons (Fsp3) is 0.0769. The molecule has 1 aromatic carbocycles. The molecule has 2 heterocycles. The van der Waals surface area contributed by atoms with Gasteiger partial charge in [0.05, 0.1) is 0 Å². The first-order valence-electron chi connectivity index (χ1n) is 5.80. The molecule has 0 unspecified atom stereocenters. The summed E-state index contributed by atoms with van der Waals surface area (Å²) in [6.45, 7) is 0. The molecule has 0 amide bonds. The number of nitrogens with two attached hydrogens (primary N) is 1. The first-order valence-corrected chi connectivity index (χ1v) is 6.62. The SMILES string of the molecule is Nc1ccc(Sc2nnc3ccccn23)c(C(F)F)c1. The highest BCUT2D eigenvalue weighted by Gasteiger charge is 2.16. The lowest BCUT2D eigenvalue weighted by Gasteiger charge is -2.08. The Labute approximate surface area is 117 Å². The van der Waals surface area contributed by atoms with Gasteiger partial charge in [-0.05, 0) is 42.1 Å². The van der Waals surface area contributed by atoms with Gasteiger partial charge in [-0.2, -0.15) is 0 Å². The fourth-order valence-corrected chi connectivity index (χ4v) is 2.75. The summed E-state index contributed by atoms with van der Waals surface area (Å²) in [6, 6.07) is 9.93. The van der Waals surface area contributed by atoms with E-state index < -0.39 is 6.43 Å². The number of aromatic nitrogens is 3. The third-order valence-corrected chi connectivity index (χ3v) is 3.81. The zero-order chi connectivity index (χ0) is 14.1. The van der Waals surface area contributed by atoms with E-state index in [2.05, 4.69) is 10.2 Å². The van der Waals surface area contributed by atoms with Gasteiger partial charge in [0.25, 0.3) is 6.43 Å². The number of hydrogen-bond donors (Lipinski definition) is 1. The van der Waals surface area contributed by atoms with Crippen LogP contribution in [-0.4, -0.2) is 14.6 Å². The molecule has 0 radical (unpaired) electrons. The highest BCUT2D eigenvalue weighted by Crippen LogP contribution is 2.35. The van der Waals surface area contributed by atoms with E-state index in [0.29, 0.717) is 21.4 Å². The smallest absolute Gasteiger partial charge is 0.265 e. The molecule has 3 rings (SSSR count). The van der Waals surface area contributed by atoms with Gasteiger partial charge in [-0.25, -0.2) is 8.78 Å². The van der Waals surface area contributed by atoms with Gasteiger partial charge in [0.2, 0.25) is 0 Å². The average Bonchev–Trinajstić information content (AvgIpc) is 2.84. The van der Waals surface area contributed by atoms with Crippen LogP contribution in [0.3, 0.4) is 0 Å². The molecule has 0 spiro atoms. The van der Waals surface area contributed by atoms with Crippen LogP contribution in [0, 0.1) is 0 Å². The maximum atomic E-state index is 13.0. The molecule has 7 heteroatoms. The summed E-state index contributed by atoms with van der Waals surface area (Å²) in [6.07, 6.45) is -0.794. The summed E-state index contributed by atoms with van der Waals surface area (Å²) in [5.74, 6) is 0. The largest absolute Gasteiger partial charge is 0.399 e. The summed E-state index contributed by atoms with van der Waals surface area (Å²) in [4.78, 5) is 0.423. The van der Waals surface area contributed by atoms with E-state index >= 15 is 0 Å². The molecule has 0 saturated carbocycles.